The minimum absolute atomic E-state index is 0.103. The molecule has 1 aromatic rings. The Bertz CT molecular complexity index is 439. The van der Waals surface area contributed by atoms with Gasteiger partial charge in [-0.2, -0.15) is 0 Å². The van der Waals surface area contributed by atoms with Crippen molar-refractivity contribution in [1.29, 1.82) is 0 Å². The first-order valence-electron chi connectivity index (χ1n) is 5.45. The highest BCUT2D eigenvalue weighted by atomic mass is 79.9. The summed E-state index contributed by atoms with van der Waals surface area (Å²) >= 11 is 9.26. The third-order valence-electron chi connectivity index (χ3n) is 2.83. The molecule has 0 bridgehead atoms. The van der Waals surface area contributed by atoms with Gasteiger partial charge in [-0.3, -0.25) is 4.79 Å². The van der Waals surface area contributed by atoms with E-state index in [0.717, 1.165) is 10.9 Å². The number of benzene rings is 1. The van der Waals surface area contributed by atoms with Crippen molar-refractivity contribution in [2.75, 3.05) is 11.9 Å². The molecule has 0 spiro atoms. The molecule has 1 amide bonds. The number of rotatable bonds is 2. The van der Waals surface area contributed by atoms with Crippen molar-refractivity contribution in [3.8, 4) is 0 Å². The standard InChI is InChI=1S/C12H13BrClNO2/c1-7-4-5-17-11(7)12(16)15-8-2-3-9(13)10(14)6-8/h2-3,6-7,11H,4-5H2,1H3,(H,15,16). The Morgan fingerprint density at radius 3 is 2.94 bits per heavy atom. The van der Waals surface area contributed by atoms with Gasteiger partial charge in [0.2, 0.25) is 0 Å². The molecule has 0 radical (unpaired) electrons. The second kappa shape index (κ2) is 5.38. The Kier molecular flexibility index (Phi) is 4.07. The van der Waals surface area contributed by atoms with Gasteiger partial charge in [-0.15, -0.1) is 0 Å². The number of carbonyl (C=O) groups excluding carboxylic acids is 1. The predicted octanol–water partition coefficient (Wildman–Crippen LogP) is 3.47. The topological polar surface area (TPSA) is 38.3 Å². The fourth-order valence-corrected chi connectivity index (χ4v) is 2.25. The van der Waals surface area contributed by atoms with Crippen molar-refractivity contribution >= 4 is 39.1 Å². The fourth-order valence-electron chi connectivity index (χ4n) is 1.82. The van der Waals surface area contributed by atoms with Crippen LogP contribution in [0.25, 0.3) is 0 Å². The smallest absolute Gasteiger partial charge is 0.253 e. The second-order valence-electron chi connectivity index (χ2n) is 4.18. The number of anilines is 1. The molecule has 1 aliphatic rings. The van der Waals surface area contributed by atoms with Crippen LogP contribution in [0.4, 0.5) is 5.69 Å². The molecule has 1 aliphatic heterocycles. The van der Waals surface area contributed by atoms with Gasteiger partial charge in [-0.25, -0.2) is 0 Å². The molecule has 17 heavy (non-hydrogen) atoms. The summed E-state index contributed by atoms with van der Waals surface area (Å²) in [4.78, 5) is 11.9. The monoisotopic (exact) mass is 317 g/mol. The normalized spacial score (nSPS) is 23.7. The quantitative estimate of drug-likeness (QED) is 0.907. The average Bonchev–Trinajstić information content (AvgIpc) is 2.70. The zero-order chi connectivity index (χ0) is 12.4. The van der Waals surface area contributed by atoms with Crippen LogP contribution < -0.4 is 5.32 Å². The van der Waals surface area contributed by atoms with Crippen molar-refractivity contribution in [1.82, 2.24) is 0 Å². The van der Waals surface area contributed by atoms with Gasteiger partial charge in [0.1, 0.15) is 6.10 Å². The Hall–Kier alpha value is -0.580. The number of hydrogen-bond donors (Lipinski definition) is 1. The third kappa shape index (κ3) is 3.00. The Balaban J connectivity index is 2.05. The summed E-state index contributed by atoms with van der Waals surface area (Å²) in [7, 11) is 0. The molecule has 3 nitrogen and oxygen atoms in total. The molecular weight excluding hydrogens is 305 g/mol. The number of nitrogens with one attached hydrogen (secondary N) is 1. The predicted molar refractivity (Wildman–Crippen MR) is 71.3 cm³/mol. The molecular formula is C12H13BrClNO2. The van der Waals surface area contributed by atoms with E-state index >= 15 is 0 Å². The summed E-state index contributed by atoms with van der Waals surface area (Å²) in [5.41, 5.74) is 0.686. The highest BCUT2D eigenvalue weighted by molar-refractivity contribution is 9.10. The zero-order valence-electron chi connectivity index (χ0n) is 9.37. The minimum atomic E-state index is -0.350. The van der Waals surface area contributed by atoms with Crippen LogP contribution in [0.3, 0.4) is 0 Å². The van der Waals surface area contributed by atoms with Gasteiger partial charge in [0.05, 0.1) is 5.02 Å². The molecule has 5 heteroatoms. The second-order valence-corrected chi connectivity index (χ2v) is 5.44. The number of ether oxygens (including phenoxy) is 1. The van der Waals surface area contributed by atoms with E-state index in [9.17, 15) is 4.79 Å². The molecule has 2 atom stereocenters. The van der Waals surface area contributed by atoms with Gasteiger partial charge in [0.15, 0.2) is 0 Å². The van der Waals surface area contributed by atoms with Crippen molar-refractivity contribution in [3.63, 3.8) is 0 Å². The Labute approximate surface area is 114 Å². The van der Waals surface area contributed by atoms with Crippen LogP contribution in [0.5, 0.6) is 0 Å². The van der Waals surface area contributed by atoms with E-state index in [0.29, 0.717) is 17.3 Å². The largest absolute Gasteiger partial charge is 0.368 e. The van der Waals surface area contributed by atoms with Crippen molar-refractivity contribution in [2.24, 2.45) is 5.92 Å². The van der Waals surface area contributed by atoms with Gasteiger partial charge in [-0.1, -0.05) is 18.5 Å². The summed E-state index contributed by atoms with van der Waals surface area (Å²) in [6.45, 7) is 2.67. The molecule has 92 valence electrons. The molecule has 2 unspecified atom stereocenters. The van der Waals surface area contributed by atoms with Gasteiger partial charge in [0.25, 0.3) is 5.91 Å². The molecule has 0 aliphatic carbocycles. The fraction of sp³-hybridized carbons (Fsp3) is 0.417. The molecule has 1 aromatic carbocycles. The summed E-state index contributed by atoms with van der Waals surface area (Å²) < 4.78 is 6.21. The van der Waals surface area contributed by atoms with Gasteiger partial charge in [-0.05, 0) is 46.5 Å². The van der Waals surface area contributed by atoms with E-state index in [1.807, 2.05) is 6.92 Å². The highest BCUT2D eigenvalue weighted by Crippen LogP contribution is 2.26. The molecule has 1 saturated heterocycles. The first-order valence-corrected chi connectivity index (χ1v) is 6.62. The lowest BCUT2D eigenvalue weighted by molar-refractivity contribution is -0.126. The van der Waals surface area contributed by atoms with E-state index in [1.165, 1.54) is 0 Å². The number of hydrogen-bond acceptors (Lipinski definition) is 2. The van der Waals surface area contributed by atoms with Crippen LogP contribution >= 0.6 is 27.5 Å². The van der Waals surface area contributed by atoms with Crippen LogP contribution in [0, 0.1) is 5.92 Å². The minimum Gasteiger partial charge on any atom is -0.368 e. The lowest BCUT2D eigenvalue weighted by Crippen LogP contribution is -2.31. The number of carbonyl (C=O) groups is 1. The highest BCUT2D eigenvalue weighted by Gasteiger charge is 2.30. The molecule has 1 fully saturated rings. The summed E-state index contributed by atoms with van der Waals surface area (Å²) in [6.07, 6.45) is 0.580. The van der Waals surface area contributed by atoms with Gasteiger partial charge >= 0.3 is 0 Å². The van der Waals surface area contributed by atoms with Gasteiger partial charge < -0.3 is 10.1 Å². The lowest BCUT2D eigenvalue weighted by atomic mass is 10.0. The van der Waals surface area contributed by atoms with Crippen molar-refractivity contribution < 1.29 is 9.53 Å². The summed E-state index contributed by atoms with van der Waals surface area (Å²) in [6, 6.07) is 5.31. The maximum atomic E-state index is 11.9. The van der Waals surface area contributed by atoms with Crippen molar-refractivity contribution in [3.05, 3.63) is 27.7 Å². The van der Waals surface area contributed by atoms with E-state index in [-0.39, 0.29) is 17.9 Å². The Morgan fingerprint density at radius 2 is 2.35 bits per heavy atom. The average molecular weight is 319 g/mol. The third-order valence-corrected chi connectivity index (χ3v) is 4.07. The van der Waals surface area contributed by atoms with Crippen LogP contribution in [0.1, 0.15) is 13.3 Å². The van der Waals surface area contributed by atoms with E-state index in [1.54, 1.807) is 18.2 Å². The van der Waals surface area contributed by atoms with Crippen LogP contribution in [0.15, 0.2) is 22.7 Å². The molecule has 1 N–H and O–H groups in total. The first-order chi connectivity index (χ1) is 8.08. The van der Waals surface area contributed by atoms with E-state index in [4.69, 9.17) is 16.3 Å². The molecule has 0 saturated carbocycles. The molecule has 1 heterocycles. The maximum absolute atomic E-state index is 11.9. The first kappa shape index (κ1) is 12.9. The van der Waals surface area contributed by atoms with Crippen LogP contribution in [-0.4, -0.2) is 18.6 Å². The summed E-state index contributed by atoms with van der Waals surface area (Å²) in [5.74, 6) is 0.161. The van der Waals surface area contributed by atoms with Crippen molar-refractivity contribution in [2.45, 2.75) is 19.4 Å². The van der Waals surface area contributed by atoms with E-state index in [2.05, 4.69) is 21.2 Å². The SMILES string of the molecule is CC1CCOC1C(=O)Nc1ccc(Br)c(Cl)c1. The zero-order valence-corrected chi connectivity index (χ0v) is 11.7. The molecule has 0 aromatic heterocycles. The maximum Gasteiger partial charge on any atom is 0.253 e. The number of halogens is 2. The Morgan fingerprint density at radius 1 is 1.59 bits per heavy atom. The molecule has 2 rings (SSSR count). The lowest BCUT2D eigenvalue weighted by Gasteiger charge is -2.14. The van der Waals surface area contributed by atoms with E-state index < -0.39 is 0 Å². The number of amides is 1. The van der Waals surface area contributed by atoms with Gasteiger partial charge in [0, 0.05) is 16.8 Å². The summed E-state index contributed by atoms with van der Waals surface area (Å²) in [5, 5.41) is 3.39. The van der Waals surface area contributed by atoms with Crippen LogP contribution in [0.2, 0.25) is 5.02 Å². The van der Waals surface area contributed by atoms with Crippen LogP contribution in [-0.2, 0) is 9.53 Å².